The Bertz CT molecular complexity index is 4570. The average molecular weight is 1690 g/mol. The Morgan fingerprint density at radius 1 is 0.476 bits per heavy atom. The fourth-order valence-corrected chi connectivity index (χ4v) is 12.3. The summed E-state index contributed by atoms with van der Waals surface area (Å²) in [5.41, 5.74) is 24.5. The number of aliphatic carboxylic acids is 1. The predicted octanol–water partition coefficient (Wildman–Crippen LogP) is 11.6. The molecule has 2 saturated heterocycles. The number of alkyl halides is 4. The first-order valence-electron chi connectivity index (χ1n) is 35.9. The predicted molar refractivity (Wildman–Crippen MR) is 400 cm³/mol. The molecule has 0 bridgehead atoms. The van der Waals surface area contributed by atoms with Crippen LogP contribution in [0.1, 0.15) is 100 Å². The molecule has 0 radical (unpaired) electrons. The third-order valence-corrected chi connectivity index (χ3v) is 17.9. The third kappa shape index (κ3) is 28.9. The van der Waals surface area contributed by atoms with Gasteiger partial charge >= 0.3 is 322 Å². The number of carbonyl (C=O) groups is 4. The molecule has 4 aliphatic rings. The fourth-order valence-electron chi connectivity index (χ4n) is 12.3. The molecule has 2 saturated carbocycles. The van der Waals surface area contributed by atoms with Gasteiger partial charge in [-0.3, -0.25) is 19.2 Å². The van der Waals surface area contributed by atoms with Crippen LogP contribution in [0, 0.1) is 35.1 Å². The summed E-state index contributed by atoms with van der Waals surface area (Å²) >= 11 is 12.5. The molecular weight excluding hydrogens is 1630 g/mol. The monoisotopic (exact) mass is 1690 g/mol. The number of aryl methyl sites for hydroxylation is 1. The summed E-state index contributed by atoms with van der Waals surface area (Å²) in [6.07, 6.45) is 4.10. The zero-order valence-electron chi connectivity index (χ0n) is 61.0. The van der Waals surface area contributed by atoms with E-state index in [0.29, 0.717) is 79.3 Å². The second kappa shape index (κ2) is 49.3. The molecule has 14 rings (SSSR count). The van der Waals surface area contributed by atoms with Gasteiger partial charge in [-0.25, -0.2) is 45.1 Å². The van der Waals surface area contributed by atoms with E-state index in [9.17, 15) is 49.9 Å². The number of carboxylic acids is 1. The van der Waals surface area contributed by atoms with Crippen molar-refractivity contribution >= 4 is 373 Å². The van der Waals surface area contributed by atoms with Gasteiger partial charge in [0.2, 0.25) is 0 Å². The number of fused-ring (bicyclic) bond motifs is 2. The summed E-state index contributed by atoms with van der Waals surface area (Å²) < 4.78 is 123. The molecule has 10 aromatic rings. The molecule has 2 amide bonds. The van der Waals surface area contributed by atoms with Crippen LogP contribution in [-0.4, -0.2) is 402 Å². The van der Waals surface area contributed by atoms with Gasteiger partial charge in [0.25, 0.3) is 23.7 Å². The zero-order chi connectivity index (χ0) is 77.0. The Morgan fingerprint density at radius 2 is 0.857 bits per heavy atom. The van der Waals surface area contributed by atoms with Gasteiger partial charge in [0, 0.05) is 139 Å². The molecule has 4 aromatic heterocycles. The third-order valence-electron chi connectivity index (χ3n) is 17.9. The molecule has 105 heavy (non-hydrogen) atoms. The zero-order valence-corrected chi connectivity index (χ0v) is 92.2. The molecule has 14 nitrogen and oxygen atoms in total. The molecule has 6 aromatic carbocycles. The van der Waals surface area contributed by atoms with Gasteiger partial charge in [-0.15, -0.1) is 0 Å². The van der Waals surface area contributed by atoms with Crippen molar-refractivity contribution in [2.45, 2.75) is 81.6 Å². The summed E-state index contributed by atoms with van der Waals surface area (Å²) in [5, 5.41) is 10.1. The average Bonchev–Trinajstić information content (AvgIpc) is 1.35. The molecule has 0 unspecified atom stereocenters. The maximum absolute atomic E-state index is 15.1. The van der Waals surface area contributed by atoms with Crippen LogP contribution in [0.2, 0.25) is 0 Å². The molecule has 4 atom stereocenters. The van der Waals surface area contributed by atoms with Gasteiger partial charge in [0.15, 0.2) is 0 Å². The van der Waals surface area contributed by atoms with Crippen molar-refractivity contribution in [3.05, 3.63) is 215 Å². The molecule has 0 spiro atoms. The van der Waals surface area contributed by atoms with Crippen molar-refractivity contribution in [2.24, 2.45) is 17.6 Å². The van der Waals surface area contributed by atoms with Crippen molar-refractivity contribution in [1.82, 2.24) is 19.8 Å². The van der Waals surface area contributed by atoms with E-state index in [2.05, 4.69) is 9.97 Å². The second-order valence-electron chi connectivity index (χ2n) is 24.4. The van der Waals surface area contributed by atoms with E-state index in [-0.39, 0.29) is 117 Å². The van der Waals surface area contributed by atoms with Crippen LogP contribution >= 0.6 is 0 Å². The number of carbonyl (C=O) groups excluding carboxylic acids is 3. The number of furan rings is 2. The van der Waals surface area contributed by atoms with E-state index in [0.717, 1.165) is 52.8 Å². The first-order chi connectivity index (χ1) is 50.5. The molecular formula is C73H63F8K10N7O7. The topological polar surface area (TPSA) is 225 Å². The Morgan fingerprint density at radius 3 is 1.22 bits per heavy atom. The van der Waals surface area contributed by atoms with Crippen LogP contribution in [0.5, 0.6) is 0 Å². The number of piperidine rings is 2. The van der Waals surface area contributed by atoms with Crippen molar-refractivity contribution in [2.75, 3.05) is 37.6 Å². The van der Waals surface area contributed by atoms with E-state index in [1.807, 2.05) is 30.3 Å². The number of pyridine rings is 2. The number of aromatic nitrogens is 2. The van der Waals surface area contributed by atoms with Crippen molar-refractivity contribution in [3.8, 4) is 44.5 Å². The second-order valence-corrected chi connectivity index (χ2v) is 24.4. The number of hydrogen-bond donors (Lipinski definition) is 4. The maximum atomic E-state index is 15.1. The number of ketones is 1. The quantitative estimate of drug-likeness (QED) is 0.0589. The minimum absolute atomic E-state index is 0.00738. The fraction of sp³-hybridized carbons (Fsp3) is 0.260. The van der Waals surface area contributed by atoms with E-state index in [1.165, 1.54) is 350 Å². The Balaban J connectivity index is 0.000000232. The molecule has 7 N–H and O–H groups in total. The van der Waals surface area contributed by atoms with Crippen molar-refractivity contribution in [3.63, 3.8) is 0 Å². The minimum atomic E-state index is -2.75. The normalized spacial score (nSPS) is 17.1. The van der Waals surface area contributed by atoms with E-state index in [4.69, 9.17) is 31.1 Å². The van der Waals surface area contributed by atoms with Crippen LogP contribution in [0.15, 0.2) is 167 Å². The first-order valence-corrected chi connectivity index (χ1v) is 116. The van der Waals surface area contributed by atoms with Gasteiger partial charge in [-0.2, -0.15) is 0 Å². The number of amides is 2. The molecule has 2 aliphatic carbocycles. The van der Waals surface area contributed by atoms with Gasteiger partial charge < -0.3 is 40.9 Å². The Kier molecular flexibility index (Phi) is 46.1. The number of carboxylic acid groups (broad SMARTS) is 1. The standard InChI is InChI=1S/C37H31F4N3O3.C27H22F4N2O2.C9H10N2O2.10K/c38-26-6-8-28(32(39)18-26)31-17-24(21-1-3-22(4-2-21)36(46)44-13-11-37(40,41)12-14-44)15-25-16-27(47-35(25)31)7-9-33(45)30-19-29(30)23-5-10-34(42)43-20-23;28-20-5-6-22(24(29)14-20)23-13-18(11-19-12-21(15-32)35-25(19)23)16-1-3-17(4-2-16)26(34)33-9-7-27(30,31)8-10-33;10-8-2-1-5(4-11-8)6-3-7(6)9(12)13;;;;;;;;;;/h1-6,8,10,15-18,20,29-30H,7,9,11-14,19H2,(H2,42,43);1-6,11-14H,7-10,15,32H2;1-2,4,6-7H,3H2,(H2,10,11)(H,12,13);;;;;;;;;;/t29-,30+;;6-,7+;;;;;;;;;;/m1.1........../s1. The number of hydrogen-bond acceptors (Lipinski definition) is 11. The van der Waals surface area contributed by atoms with Gasteiger partial charge in [-0.1, -0.05) is 36.4 Å². The Hall–Kier alpha value is 6.14. The number of rotatable bonds is 14. The van der Waals surface area contributed by atoms with Crippen LogP contribution in [0.4, 0.5) is 46.8 Å². The SMILES string of the molecule is NCc1cc2cc(-c3ccc(C(=O)N4CCC(F)(F)CC4)cc3)cc(-c3ccc(F)cc3F)c2o1.Nc1ccc([C@H]2C[C@@H]2C(=O)CCc2cc3cc(-c4ccc(C(=O)N5CCC(F)(F)CC5)cc4)cc(-c4ccc(F)cc4F)c3o2)cn1.Nc1ccc([C@H]2C[C@@H]2C(=O)O)cn1.[K][K].[K][K].[K][K].[K][K].[K][K]. The number of likely N-dealkylation sites (tertiary alicyclic amines) is 2. The van der Waals surface area contributed by atoms with Crippen LogP contribution in [0.25, 0.3) is 66.4 Å². The molecule has 32 heteroatoms. The summed E-state index contributed by atoms with van der Waals surface area (Å²) in [4.78, 5) is 60.2. The number of nitrogens with zero attached hydrogens (tertiary/aromatic N) is 4. The van der Waals surface area contributed by atoms with E-state index in [1.54, 1.807) is 91.3 Å². The summed E-state index contributed by atoms with van der Waals surface area (Å²) in [6.45, 7) is 0.176. The number of nitrogens with two attached hydrogens (primary N) is 3. The van der Waals surface area contributed by atoms with E-state index < -0.39 is 41.1 Å². The number of Topliss-reactive ketones (excluding diaryl/α,β-unsaturated/α-hetero) is 1. The van der Waals surface area contributed by atoms with Crippen LogP contribution in [0.3, 0.4) is 0 Å². The van der Waals surface area contributed by atoms with Crippen molar-refractivity contribution in [1.29, 1.82) is 0 Å². The van der Waals surface area contributed by atoms with Crippen LogP contribution in [-0.2, 0) is 22.6 Å². The molecule has 4 fully saturated rings. The molecule has 498 valence electrons. The van der Waals surface area contributed by atoms with Gasteiger partial charge in [0.05, 0.1) is 12.5 Å². The summed E-state index contributed by atoms with van der Waals surface area (Å²) in [7, 11) is 0. The molecule has 2 aliphatic heterocycles. The van der Waals surface area contributed by atoms with Gasteiger partial charge in [-0.05, 0) is 155 Å². The number of nitrogen functional groups attached to an aromatic ring is 2. The Labute approximate surface area is 830 Å². The summed E-state index contributed by atoms with van der Waals surface area (Å²) in [6, 6.07) is 38.3. The first kappa shape index (κ1) is 98.3. The van der Waals surface area contributed by atoms with Crippen LogP contribution < -0.4 is 17.2 Å². The van der Waals surface area contributed by atoms with Crippen molar-refractivity contribution < 1.29 is 68.2 Å². The van der Waals surface area contributed by atoms with Gasteiger partial charge in [0.1, 0.15) is 63.4 Å². The van der Waals surface area contributed by atoms with E-state index >= 15 is 4.39 Å². The number of halogens is 8. The molecule has 6 heterocycles. The number of anilines is 2. The number of benzene rings is 6. The summed E-state index contributed by atoms with van der Waals surface area (Å²) in [5.74, 6) is -7.56.